The number of anilines is 1. The van der Waals surface area contributed by atoms with Crippen molar-refractivity contribution in [2.75, 3.05) is 5.32 Å². The normalized spacial score (nSPS) is 12.9. The van der Waals surface area contributed by atoms with Crippen molar-refractivity contribution in [2.45, 2.75) is 32.7 Å². The predicted molar refractivity (Wildman–Crippen MR) is 127 cm³/mol. The Bertz CT molecular complexity index is 1180. The number of para-hydroxylation sites is 2. The molecule has 0 saturated carbocycles. The van der Waals surface area contributed by atoms with Crippen molar-refractivity contribution in [2.24, 2.45) is 5.92 Å². The van der Waals surface area contributed by atoms with Crippen molar-refractivity contribution >= 4 is 39.3 Å². The highest BCUT2D eigenvalue weighted by Crippen LogP contribution is 2.25. The monoisotopic (exact) mass is 447 g/mol. The van der Waals surface area contributed by atoms with Crippen LogP contribution in [0.4, 0.5) is 5.13 Å². The van der Waals surface area contributed by atoms with E-state index in [1.807, 2.05) is 42.5 Å². The zero-order chi connectivity index (χ0) is 22.5. The van der Waals surface area contributed by atoms with E-state index in [9.17, 15) is 9.59 Å². The average molecular weight is 448 g/mol. The molecule has 32 heavy (non-hydrogen) atoms. The van der Waals surface area contributed by atoms with Crippen LogP contribution in [0, 0.1) is 5.92 Å². The molecular formula is C24H25N5O2S. The molecule has 0 radical (unpaired) electrons. The highest BCUT2D eigenvalue weighted by atomic mass is 32.1. The summed E-state index contributed by atoms with van der Waals surface area (Å²) in [6.45, 7) is 4.19. The number of H-pyrrole nitrogens is 1. The summed E-state index contributed by atoms with van der Waals surface area (Å²) in [6.07, 6.45) is 1.03. The third-order valence-electron chi connectivity index (χ3n) is 5.38. The van der Waals surface area contributed by atoms with E-state index in [0.29, 0.717) is 16.4 Å². The maximum absolute atomic E-state index is 12.8. The number of amides is 2. The number of carbonyl (C=O) groups is 2. The van der Waals surface area contributed by atoms with Gasteiger partial charge < -0.3 is 10.3 Å². The first-order valence-corrected chi connectivity index (χ1v) is 11.5. The molecule has 0 bridgehead atoms. The molecule has 2 amide bonds. The third kappa shape index (κ3) is 5.03. The second-order valence-corrected chi connectivity index (χ2v) is 8.57. The average Bonchev–Trinajstić information content (AvgIpc) is 3.44. The quantitative estimate of drug-likeness (QED) is 0.364. The number of rotatable bonds is 8. The summed E-state index contributed by atoms with van der Waals surface area (Å²) in [5.74, 6) is 0.596. The van der Waals surface area contributed by atoms with Crippen LogP contribution in [0.25, 0.3) is 11.0 Å². The summed E-state index contributed by atoms with van der Waals surface area (Å²) in [5.41, 5.74) is 3.00. The van der Waals surface area contributed by atoms with Crippen LogP contribution in [0.1, 0.15) is 48.2 Å². The molecule has 2 aromatic carbocycles. The van der Waals surface area contributed by atoms with Crippen molar-refractivity contribution in [1.29, 1.82) is 0 Å². The van der Waals surface area contributed by atoms with E-state index >= 15 is 0 Å². The maximum atomic E-state index is 12.8. The Morgan fingerprint density at radius 3 is 2.56 bits per heavy atom. The maximum Gasteiger partial charge on any atom is 0.257 e. The fourth-order valence-electron chi connectivity index (χ4n) is 3.43. The van der Waals surface area contributed by atoms with Crippen molar-refractivity contribution in [1.82, 2.24) is 20.3 Å². The van der Waals surface area contributed by atoms with E-state index in [1.54, 1.807) is 17.5 Å². The van der Waals surface area contributed by atoms with Gasteiger partial charge in [-0.3, -0.25) is 14.9 Å². The Hall–Kier alpha value is -3.52. The molecule has 2 atom stereocenters. The molecule has 2 heterocycles. The van der Waals surface area contributed by atoms with Gasteiger partial charge in [0.25, 0.3) is 5.91 Å². The third-order valence-corrected chi connectivity index (χ3v) is 6.19. The van der Waals surface area contributed by atoms with Crippen LogP contribution in [-0.2, 0) is 11.2 Å². The standard InChI is InChI=1S/C24H25N5O2S/c1-3-15(2)21(22-26-18-11-7-8-12-19(18)27-22)28-20(30)13-17-14-32-24(25-17)29-23(31)16-9-5-4-6-10-16/h4-12,14-15,21H,3,13H2,1-2H3,(H,26,27)(H,28,30)(H,25,29,31). The van der Waals surface area contributed by atoms with Crippen LogP contribution in [0.2, 0.25) is 0 Å². The van der Waals surface area contributed by atoms with Crippen LogP contribution in [-0.4, -0.2) is 26.8 Å². The Kier molecular flexibility index (Phi) is 6.61. The molecule has 0 aliphatic heterocycles. The number of imidazole rings is 1. The smallest absolute Gasteiger partial charge is 0.257 e. The molecule has 2 unspecified atom stereocenters. The summed E-state index contributed by atoms with van der Waals surface area (Å²) in [4.78, 5) is 37.5. The van der Waals surface area contributed by atoms with Gasteiger partial charge in [0, 0.05) is 10.9 Å². The van der Waals surface area contributed by atoms with Gasteiger partial charge in [-0.25, -0.2) is 9.97 Å². The molecule has 164 valence electrons. The lowest BCUT2D eigenvalue weighted by molar-refractivity contribution is -0.121. The van der Waals surface area contributed by atoms with Crippen LogP contribution in [0.15, 0.2) is 60.0 Å². The van der Waals surface area contributed by atoms with Crippen LogP contribution in [0.5, 0.6) is 0 Å². The van der Waals surface area contributed by atoms with Gasteiger partial charge in [-0.15, -0.1) is 11.3 Å². The van der Waals surface area contributed by atoms with Crippen LogP contribution in [0.3, 0.4) is 0 Å². The van der Waals surface area contributed by atoms with Crippen molar-refractivity contribution in [3.05, 3.63) is 77.1 Å². The molecule has 0 saturated heterocycles. The van der Waals surface area contributed by atoms with Gasteiger partial charge in [-0.2, -0.15) is 0 Å². The number of fused-ring (bicyclic) bond motifs is 1. The lowest BCUT2D eigenvalue weighted by Crippen LogP contribution is -2.34. The second-order valence-electron chi connectivity index (χ2n) is 7.71. The number of nitrogens with one attached hydrogen (secondary N) is 3. The number of benzene rings is 2. The van der Waals surface area contributed by atoms with Crippen LogP contribution < -0.4 is 10.6 Å². The zero-order valence-corrected chi connectivity index (χ0v) is 18.8. The first-order valence-electron chi connectivity index (χ1n) is 10.6. The van der Waals surface area contributed by atoms with Gasteiger partial charge in [0.15, 0.2) is 5.13 Å². The molecule has 7 nitrogen and oxygen atoms in total. The van der Waals surface area contributed by atoms with E-state index in [1.165, 1.54) is 11.3 Å². The van der Waals surface area contributed by atoms with E-state index < -0.39 is 0 Å². The minimum atomic E-state index is -0.226. The molecule has 0 fully saturated rings. The first-order chi connectivity index (χ1) is 15.5. The molecule has 0 aliphatic rings. The second kappa shape index (κ2) is 9.74. The molecule has 3 N–H and O–H groups in total. The molecule has 0 aliphatic carbocycles. The number of hydrogen-bond donors (Lipinski definition) is 3. The van der Waals surface area contributed by atoms with Gasteiger partial charge >= 0.3 is 0 Å². The largest absolute Gasteiger partial charge is 0.346 e. The summed E-state index contributed by atoms with van der Waals surface area (Å²) in [6, 6.07) is 16.6. The van der Waals surface area contributed by atoms with Crippen molar-refractivity contribution in [3.63, 3.8) is 0 Å². The number of thiazole rings is 1. The van der Waals surface area contributed by atoms with E-state index in [0.717, 1.165) is 23.3 Å². The first kappa shape index (κ1) is 21.7. The Labute approximate surface area is 190 Å². The number of aromatic amines is 1. The van der Waals surface area contributed by atoms with Crippen molar-refractivity contribution in [3.8, 4) is 0 Å². The lowest BCUT2D eigenvalue weighted by atomic mass is 9.98. The van der Waals surface area contributed by atoms with E-state index in [2.05, 4.69) is 39.4 Å². The summed E-state index contributed by atoms with van der Waals surface area (Å²) in [7, 11) is 0. The molecule has 4 aromatic rings. The zero-order valence-electron chi connectivity index (χ0n) is 18.0. The Morgan fingerprint density at radius 2 is 1.81 bits per heavy atom. The minimum Gasteiger partial charge on any atom is -0.346 e. The van der Waals surface area contributed by atoms with Gasteiger partial charge in [0.1, 0.15) is 5.82 Å². The summed E-state index contributed by atoms with van der Waals surface area (Å²) in [5, 5.41) is 8.16. The van der Waals surface area contributed by atoms with E-state index in [-0.39, 0.29) is 30.2 Å². The molecule has 0 spiro atoms. The number of aromatic nitrogens is 3. The Balaban J connectivity index is 1.42. The van der Waals surface area contributed by atoms with Crippen LogP contribution >= 0.6 is 11.3 Å². The van der Waals surface area contributed by atoms with Gasteiger partial charge in [-0.05, 0) is 30.2 Å². The van der Waals surface area contributed by atoms with Gasteiger partial charge in [0.2, 0.25) is 5.91 Å². The lowest BCUT2D eigenvalue weighted by Gasteiger charge is -2.22. The van der Waals surface area contributed by atoms with E-state index in [4.69, 9.17) is 0 Å². The highest BCUT2D eigenvalue weighted by molar-refractivity contribution is 7.14. The molecule has 2 aromatic heterocycles. The fourth-order valence-corrected chi connectivity index (χ4v) is 4.13. The topological polar surface area (TPSA) is 99.8 Å². The fraction of sp³-hybridized carbons (Fsp3) is 0.250. The summed E-state index contributed by atoms with van der Waals surface area (Å²) < 4.78 is 0. The molecule has 4 rings (SSSR count). The SMILES string of the molecule is CCC(C)C(NC(=O)Cc1csc(NC(=O)c2ccccc2)n1)c1nc2ccccc2[nH]1. The molecule has 8 heteroatoms. The molecular weight excluding hydrogens is 422 g/mol. The highest BCUT2D eigenvalue weighted by Gasteiger charge is 2.24. The number of carbonyl (C=O) groups excluding carboxylic acids is 2. The number of hydrogen-bond acceptors (Lipinski definition) is 5. The summed E-state index contributed by atoms with van der Waals surface area (Å²) >= 11 is 1.30. The minimum absolute atomic E-state index is 0.130. The van der Waals surface area contributed by atoms with Gasteiger partial charge in [-0.1, -0.05) is 50.6 Å². The Morgan fingerprint density at radius 1 is 1.06 bits per heavy atom. The van der Waals surface area contributed by atoms with Gasteiger partial charge in [0.05, 0.1) is 29.2 Å². The number of nitrogens with zero attached hydrogens (tertiary/aromatic N) is 2. The van der Waals surface area contributed by atoms with Crippen molar-refractivity contribution < 1.29 is 9.59 Å². The predicted octanol–water partition coefficient (Wildman–Crippen LogP) is 4.72.